The van der Waals surface area contributed by atoms with E-state index in [1.54, 1.807) is 26.0 Å². The minimum Gasteiger partial charge on any atom is -0.508 e. The van der Waals surface area contributed by atoms with E-state index in [2.05, 4.69) is 16.0 Å². The van der Waals surface area contributed by atoms with Gasteiger partial charge < -0.3 is 37.6 Å². The molecule has 0 aromatic heterocycles. The molecule has 0 aliphatic heterocycles. The number of aromatic hydroxyl groups is 1. The van der Waals surface area contributed by atoms with Crippen molar-refractivity contribution in [2.45, 2.75) is 57.7 Å². The lowest BCUT2D eigenvalue weighted by atomic mass is 9.98. The number of nitrogens with two attached hydrogens (primary N) is 2. The molecule has 0 bridgehead atoms. The molecule has 12 nitrogen and oxygen atoms in total. The number of carbonyl (C=O) groups excluding carboxylic acids is 4. The maximum Gasteiger partial charge on any atom is 0.326 e. The summed E-state index contributed by atoms with van der Waals surface area (Å²) in [6.07, 6.45) is 0.0930. The molecule has 0 aliphatic carbocycles. The van der Waals surface area contributed by atoms with Crippen LogP contribution in [-0.2, 0) is 30.4 Å². The van der Waals surface area contributed by atoms with Gasteiger partial charge in [-0.25, -0.2) is 4.79 Å². The van der Waals surface area contributed by atoms with Crippen molar-refractivity contribution < 1.29 is 34.2 Å². The van der Waals surface area contributed by atoms with Crippen molar-refractivity contribution in [3.63, 3.8) is 0 Å². The first-order chi connectivity index (χ1) is 16.0. The minimum absolute atomic E-state index is 0.0205. The Bertz CT molecular complexity index is 875. The molecule has 1 aromatic rings. The smallest absolute Gasteiger partial charge is 0.326 e. The van der Waals surface area contributed by atoms with Crippen molar-refractivity contribution in [2.75, 3.05) is 6.54 Å². The first-order valence-corrected chi connectivity index (χ1v) is 10.9. The Kier molecular flexibility index (Phi) is 11.5. The second-order valence-electron chi connectivity index (χ2n) is 7.97. The molecule has 0 aliphatic rings. The summed E-state index contributed by atoms with van der Waals surface area (Å²) >= 11 is 0. The standard InChI is InChI=1S/C22H33N5O7/c1-3-12(2)19(22(33)34)27-20(31)15(8-9-17(24)29)26-21(32)16(25-18(30)11-23)10-13-4-6-14(28)7-5-13/h4-7,12,15-16,19,28H,3,8-11,23H2,1-2H3,(H2,24,29)(H,25,30)(H,26,32)(H,27,31)(H,33,34). The van der Waals surface area contributed by atoms with Gasteiger partial charge in [-0.1, -0.05) is 32.4 Å². The summed E-state index contributed by atoms with van der Waals surface area (Å²) in [5.41, 5.74) is 11.1. The van der Waals surface area contributed by atoms with Gasteiger partial charge in [0.25, 0.3) is 0 Å². The lowest BCUT2D eigenvalue weighted by Crippen LogP contribution is -2.57. The monoisotopic (exact) mass is 479 g/mol. The van der Waals surface area contributed by atoms with Crippen LogP contribution >= 0.6 is 0 Å². The van der Waals surface area contributed by atoms with E-state index in [0.717, 1.165) is 0 Å². The summed E-state index contributed by atoms with van der Waals surface area (Å²) in [4.78, 5) is 60.6. The highest BCUT2D eigenvalue weighted by Crippen LogP contribution is 2.12. The van der Waals surface area contributed by atoms with Gasteiger partial charge in [0, 0.05) is 12.8 Å². The van der Waals surface area contributed by atoms with Crippen molar-refractivity contribution >= 4 is 29.6 Å². The zero-order valence-electron chi connectivity index (χ0n) is 19.2. The van der Waals surface area contributed by atoms with E-state index in [1.807, 2.05) is 0 Å². The lowest BCUT2D eigenvalue weighted by Gasteiger charge is -2.26. The molecule has 1 aromatic carbocycles. The fourth-order valence-electron chi connectivity index (χ4n) is 3.09. The van der Waals surface area contributed by atoms with E-state index >= 15 is 0 Å². The Morgan fingerprint density at radius 2 is 1.56 bits per heavy atom. The summed E-state index contributed by atoms with van der Waals surface area (Å²) in [5.74, 6) is -4.46. The summed E-state index contributed by atoms with van der Waals surface area (Å²) < 4.78 is 0. The van der Waals surface area contributed by atoms with E-state index in [4.69, 9.17) is 11.5 Å². The van der Waals surface area contributed by atoms with Crippen molar-refractivity contribution in [3.05, 3.63) is 29.8 Å². The van der Waals surface area contributed by atoms with Crippen LogP contribution in [0, 0.1) is 5.92 Å². The molecule has 0 fully saturated rings. The summed E-state index contributed by atoms with van der Waals surface area (Å²) in [6.45, 7) is 3.05. The van der Waals surface area contributed by atoms with Gasteiger partial charge in [0.2, 0.25) is 23.6 Å². The van der Waals surface area contributed by atoms with Crippen molar-refractivity contribution in [1.29, 1.82) is 0 Å². The molecule has 0 saturated heterocycles. The predicted octanol–water partition coefficient (Wildman–Crippen LogP) is -1.26. The topological polar surface area (TPSA) is 214 Å². The van der Waals surface area contributed by atoms with Crippen LogP contribution < -0.4 is 27.4 Å². The van der Waals surface area contributed by atoms with Crippen LogP contribution in [0.4, 0.5) is 0 Å². The SMILES string of the molecule is CCC(C)C(NC(=O)C(CCC(N)=O)NC(=O)C(Cc1ccc(O)cc1)NC(=O)CN)C(=O)O. The largest absolute Gasteiger partial charge is 0.508 e. The van der Waals surface area contributed by atoms with Crippen LogP contribution in [-0.4, -0.2) is 64.5 Å². The molecule has 4 amide bonds. The summed E-state index contributed by atoms with van der Waals surface area (Å²) in [7, 11) is 0. The number of carboxylic acid groups (broad SMARTS) is 1. The number of benzene rings is 1. The molecule has 9 N–H and O–H groups in total. The van der Waals surface area contributed by atoms with E-state index in [0.29, 0.717) is 12.0 Å². The third-order valence-electron chi connectivity index (χ3n) is 5.30. The normalized spacial score (nSPS) is 14.2. The minimum atomic E-state index is -1.27. The van der Waals surface area contributed by atoms with Crippen molar-refractivity contribution in [2.24, 2.45) is 17.4 Å². The van der Waals surface area contributed by atoms with Crippen molar-refractivity contribution in [1.82, 2.24) is 16.0 Å². The second-order valence-corrected chi connectivity index (χ2v) is 7.97. The molecule has 188 valence electrons. The second kappa shape index (κ2) is 13.8. The first kappa shape index (κ1) is 28.4. The molecule has 34 heavy (non-hydrogen) atoms. The number of amides is 4. The number of phenols is 1. The van der Waals surface area contributed by atoms with Gasteiger partial charge in [-0.3, -0.25) is 19.2 Å². The van der Waals surface area contributed by atoms with Gasteiger partial charge in [-0.05, 0) is 30.0 Å². The molecule has 0 heterocycles. The fourth-order valence-corrected chi connectivity index (χ4v) is 3.09. The Balaban J connectivity index is 3.09. The number of rotatable bonds is 14. The Hall–Kier alpha value is -3.67. The van der Waals surface area contributed by atoms with Gasteiger partial charge in [0.05, 0.1) is 6.54 Å². The molecule has 0 radical (unpaired) electrons. The molecule has 4 atom stereocenters. The van der Waals surface area contributed by atoms with Crippen LogP contribution in [0.25, 0.3) is 0 Å². The van der Waals surface area contributed by atoms with Gasteiger partial charge in [0.15, 0.2) is 0 Å². The van der Waals surface area contributed by atoms with Crippen LogP contribution in [0.2, 0.25) is 0 Å². The highest BCUT2D eigenvalue weighted by atomic mass is 16.4. The average molecular weight is 480 g/mol. The van der Waals surface area contributed by atoms with Crippen LogP contribution in [0.5, 0.6) is 5.75 Å². The summed E-state index contributed by atoms with van der Waals surface area (Å²) in [6, 6.07) is 2.35. The Labute approximate surface area is 197 Å². The van der Waals surface area contributed by atoms with Gasteiger partial charge in [-0.15, -0.1) is 0 Å². The predicted molar refractivity (Wildman–Crippen MR) is 122 cm³/mol. The first-order valence-electron chi connectivity index (χ1n) is 10.9. The highest BCUT2D eigenvalue weighted by molar-refractivity contribution is 5.94. The van der Waals surface area contributed by atoms with Crippen LogP contribution in [0.15, 0.2) is 24.3 Å². The highest BCUT2D eigenvalue weighted by Gasteiger charge is 2.31. The van der Waals surface area contributed by atoms with Gasteiger partial charge in [-0.2, -0.15) is 0 Å². The number of nitrogens with one attached hydrogen (secondary N) is 3. The third-order valence-corrected chi connectivity index (χ3v) is 5.30. The zero-order chi connectivity index (χ0) is 25.8. The van der Waals surface area contributed by atoms with Crippen LogP contribution in [0.3, 0.4) is 0 Å². The molecule has 0 spiro atoms. The maximum absolute atomic E-state index is 13.0. The van der Waals surface area contributed by atoms with Crippen LogP contribution in [0.1, 0.15) is 38.7 Å². The molecular weight excluding hydrogens is 446 g/mol. The Morgan fingerprint density at radius 1 is 0.971 bits per heavy atom. The number of carboxylic acids is 1. The number of hydrogen-bond acceptors (Lipinski definition) is 7. The molecule has 4 unspecified atom stereocenters. The van der Waals surface area contributed by atoms with Gasteiger partial charge >= 0.3 is 5.97 Å². The number of hydrogen-bond donors (Lipinski definition) is 7. The number of carbonyl (C=O) groups is 5. The lowest BCUT2D eigenvalue weighted by molar-refractivity contribution is -0.144. The quantitative estimate of drug-likeness (QED) is 0.171. The van der Waals surface area contributed by atoms with Gasteiger partial charge in [0.1, 0.15) is 23.9 Å². The Morgan fingerprint density at radius 3 is 2.06 bits per heavy atom. The van der Waals surface area contributed by atoms with E-state index in [1.165, 1.54) is 12.1 Å². The van der Waals surface area contributed by atoms with E-state index in [-0.39, 0.29) is 37.5 Å². The molecule has 0 saturated carbocycles. The average Bonchev–Trinajstić information content (AvgIpc) is 2.79. The third kappa shape index (κ3) is 9.45. The zero-order valence-corrected chi connectivity index (χ0v) is 19.2. The number of primary amides is 1. The molecule has 1 rings (SSSR count). The van der Waals surface area contributed by atoms with E-state index in [9.17, 15) is 34.2 Å². The maximum atomic E-state index is 13.0. The molecule has 12 heteroatoms. The number of phenolic OH excluding ortho intramolecular Hbond substituents is 1. The van der Waals surface area contributed by atoms with E-state index < -0.39 is 47.7 Å². The van der Waals surface area contributed by atoms with Crippen molar-refractivity contribution in [3.8, 4) is 5.75 Å². The number of aliphatic carboxylic acids is 1. The molecular formula is C22H33N5O7. The summed E-state index contributed by atoms with van der Waals surface area (Å²) in [5, 5.41) is 26.2. The fraction of sp³-hybridized carbons (Fsp3) is 0.500.